The third kappa shape index (κ3) is 2.12. The van der Waals surface area contributed by atoms with Gasteiger partial charge >= 0.3 is 0 Å². The summed E-state index contributed by atoms with van der Waals surface area (Å²) in [7, 11) is 0. The molecule has 3 atom stereocenters. The van der Waals surface area contributed by atoms with Crippen LogP contribution in [0.15, 0.2) is 30.3 Å². The molecule has 86 valence electrons. The lowest BCUT2D eigenvalue weighted by molar-refractivity contribution is 0.00801. The van der Waals surface area contributed by atoms with Gasteiger partial charge in [-0.1, -0.05) is 30.3 Å². The minimum Gasteiger partial charge on any atom is -0.378 e. The molecule has 2 fully saturated rings. The van der Waals surface area contributed by atoms with Gasteiger partial charge in [-0.15, -0.1) is 0 Å². The van der Waals surface area contributed by atoms with Gasteiger partial charge in [0.25, 0.3) is 0 Å². The summed E-state index contributed by atoms with van der Waals surface area (Å²) in [6.45, 7) is 2.33. The van der Waals surface area contributed by atoms with Crippen molar-refractivity contribution >= 4 is 0 Å². The van der Waals surface area contributed by atoms with Crippen LogP contribution in [0.25, 0.3) is 0 Å². The van der Waals surface area contributed by atoms with Gasteiger partial charge in [0.1, 0.15) is 0 Å². The van der Waals surface area contributed by atoms with Gasteiger partial charge in [0, 0.05) is 6.04 Å². The summed E-state index contributed by atoms with van der Waals surface area (Å²) in [6.07, 6.45) is 1.39. The van der Waals surface area contributed by atoms with E-state index in [1.807, 2.05) is 18.2 Å². The summed E-state index contributed by atoms with van der Waals surface area (Å²) in [4.78, 5) is 0. The summed E-state index contributed by atoms with van der Waals surface area (Å²) < 4.78 is 11.5. The number of nitrogens with one attached hydrogen (secondary N) is 1. The van der Waals surface area contributed by atoms with Crippen LogP contribution < -0.4 is 5.32 Å². The first-order valence-corrected chi connectivity index (χ1v) is 5.91. The first-order chi connectivity index (χ1) is 7.92. The lowest BCUT2D eigenvalue weighted by Gasteiger charge is -2.23. The van der Waals surface area contributed by atoms with E-state index in [1.54, 1.807) is 0 Å². The Hall–Kier alpha value is -0.900. The van der Waals surface area contributed by atoms with E-state index >= 15 is 0 Å². The standard InChI is InChI=1S/C13H17NO2/c1-2-4-10(5-3-1)7-16-13-6-11-8-15-9-12(13)14-11/h1-5,11-14H,6-9H2/t11-,12-,13+/m1/s1. The molecule has 16 heavy (non-hydrogen) atoms. The highest BCUT2D eigenvalue weighted by atomic mass is 16.5. The Morgan fingerprint density at radius 1 is 1.25 bits per heavy atom. The highest BCUT2D eigenvalue weighted by molar-refractivity contribution is 5.13. The van der Waals surface area contributed by atoms with Crippen molar-refractivity contribution in [2.45, 2.75) is 31.2 Å². The maximum atomic E-state index is 5.96. The molecule has 3 nitrogen and oxygen atoms in total. The Morgan fingerprint density at radius 2 is 2.12 bits per heavy atom. The van der Waals surface area contributed by atoms with E-state index < -0.39 is 0 Å². The van der Waals surface area contributed by atoms with Crippen molar-refractivity contribution in [2.75, 3.05) is 13.2 Å². The maximum absolute atomic E-state index is 5.96. The number of benzene rings is 1. The van der Waals surface area contributed by atoms with Gasteiger partial charge in [-0.05, 0) is 12.0 Å². The Kier molecular flexibility index (Phi) is 2.91. The number of morpholine rings is 1. The number of fused-ring (bicyclic) bond motifs is 2. The van der Waals surface area contributed by atoms with Gasteiger partial charge in [0.05, 0.1) is 32.0 Å². The molecule has 2 bridgehead atoms. The van der Waals surface area contributed by atoms with Crippen molar-refractivity contribution in [3.63, 3.8) is 0 Å². The predicted molar refractivity (Wildman–Crippen MR) is 61.2 cm³/mol. The van der Waals surface area contributed by atoms with Crippen LogP contribution in [0.4, 0.5) is 0 Å². The second kappa shape index (κ2) is 4.53. The minimum atomic E-state index is 0.313. The van der Waals surface area contributed by atoms with Crippen molar-refractivity contribution in [3.05, 3.63) is 35.9 Å². The molecule has 2 aliphatic rings. The van der Waals surface area contributed by atoms with E-state index in [9.17, 15) is 0 Å². The maximum Gasteiger partial charge on any atom is 0.0770 e. The first-order valence-electron chi connectivity index (χ1n) is 5.91. The molecule has 0 amide bonds. The fourth-order valence-corrected chi connectivity index (χ4v) is 2.49. The van der Waals surface area contributed by atoms with Crippen molar-refractivity contribution in [1.82, 2.24) is 5.32 Å². The molecule has 0 aliphatic carbocycles. The van der Waals surface area contributed by atoms with Crippen LogP contribution in [0, 0.1) is 0 Å². The summed E-state index contributed by atoms with van der Waals surface area (Å²) in [5.41, 5.74) is 1.24. The molecule has 0 aromatic heterocycles. The molecule has 0 spiro atoms. The van der Waals surface area contributed by atoms with Crippen LogP contribution in [0.5, 0.6) is 0 Å². The average Bonchev–Trinajstić information content (AvgIpc) is 2.63. The lowest BCUT2D eigenvalue weighted by atomic mass is 10.1. The zero-order valence-electron chi connectivity index (χ0n) is 9.26. The number of rotatable bonds is 3. The summed E-state index contributed by atoms with van der Waals surface area (Å²) >= 11 is 0. The second-order valence-corrected chi connectivity index (χ2v) is 4.58. The second-order valence-electron chi connectivity index (χ2n) is 4.58. The normalized spacial score (nSPS) is 32.9. The van der Waals surface area contributed by atoms with E-state index in [0.717, 1.165) is 19.6 Å². The van der Waals surface area contributed by atoms with E-state index in [4.69, 9.17) is 9.47 Å². The fourth-order valence-electron chi connectivity index (χ4n) is 2.49. The van der Waals surface area contributed by atoms with Crippen LogP contribution in [0.2, 0.25) is 0 Å². The third-order valence-corrected chi connectivity index (χ3v) is 3.34. The highest BCUT2D eigenvalue weighted by Crippen LogP contribution is 2.22. The SMILES string of the molecule is c1ccc(CO[C@H]2C[C@@H]3COC[C@H]2N3)cc1. The Balaban J connectivity index is 1.56. The van der Waals surface area contributed by atoms with Crippen molar-refractivity contribution in [1.29, 1.82) is 0 Å². The van der Waals surface area contributed by atoms with Gasteiger partial charge in [-0.25, -0.2) is 0 Å². The van der Waals surface area contributed by atoms with Crippen molar-refractivity contribution in [2.24, 2.45) is 0 Å². The van der Waals surface area contributed by atoms with Crippen LogP contribution >= 0.6 is 0 Å². The van der Waals surface area contributed by atoms with Gasteiger partial charge in [-0.3, -0.25) is 0 Å². The van der Waals surface area contributed by atoms with Gasteiger partial charge in [0.15, 0.2) is 0 Å². The summed E-state index contributed by atoms with van der Waals surface area (Å²) in [5.74, 6) is 0. The minimum absolute atomic E-state index is 0.313. The van der Waals surface area contributed by atoms with Crippen LogP contribution in [0.1, 0.15) is 12.0 Å². The number of hydrogen-bond donors (Lipinski definition) is 1. The zero-order valence-corrected chi connectivity index (χ0v) is 9.26. The van der Waals surface area contributed by atoms with Gasteiger partial charge in [-0.2, -0.15) is 0 Å². The number of hydrogen-bond acceptors (Lipinski definition) is 3. The van der Waals surface area contributed by atoms with E-state index in [0.29, 0.717) is 24.8 Å². The molecule has 2 aliphatic heterocycles. The van der Waals surface area contributed by atoms with E-state index in [-0.39, 0.29) is 0 Å². The highest BCUT2D eigenvalue weighted by Gasteiger charge is 2.37. The average molecular weight is 219 g/mol. The van der Waals surface area contributed by atoms with Gasteiger partial charge in [0.2, 0.25) is 0 Å². The molecule has 1 aromatic rings. The van der Waals surface area contributed by atoms with Crippen molar-refractivity contribution in [3.8, 4) is 0 Å². The Bertz CT molecular complexity index is 341. The van der Waals surface area contributed by atoms with Crippen LogP contribution in [-0.2, 0) is 16.1 Å². The smallest absolute Gasteiger partial charge is 0.0770 e. The third-order valence-electron chi connectivity index (χ3n) is 3.34. The largest absolute Gasteiger partial charge is 0.378 e. The van der Waals surface area contributed by atoms with Crippen LogP contribution in [-0.4, -0.2) is 31.4 Å². The molecule has 0 saturated carbocycles. The molecule has 3 heteroatoms. The molecule has 2 heterocycles. The monoisotopic (exact) mass is 219 g/mol. The quantitative estimate of drug-likeness (QED) is 0.832. The zero-order chi connectivity index (χ0) is 10.8. The lowest BCUT2D eigenvalue weighted by Crippen LogP contribution is -2.44. The van der Waals surface area contributed by atoms with E-state index in [2.05, 4.69) is 17.4 Å². The molecular formula is C13H17NO2. The Labute approximate surface area is 95.8 Å². The topological polar surface area (TPSA) is 30.5 Å². The molecule has 1 aromatic carbocycles. The summed E-state index contributed by atoms with van der Waals surface area (Å²) in [5, 5.41) is 3.53. The summed E-state index contributed by atoms with van der Waals surface area (Å²) in [6, 6.07) is 11.2. The molecule has 1 N–H and O–H groups in total. The number of ether oxygens (including phenoxy) is 2. The van der Waals surface area contributed by atoms with Crippen LogP contribution in [0.3, 0.4) is 0 Å². The molecular weight excluding hydrogens is 202 g/mol. The molecule has 2 saturated heterocycles. The van der Waals surface area contributed by atoms with Crippen molar-refractivity contribution < 1.29 is 9.47 Å². The van der Waals surface area contributed by atoms with E-state index in [1.165, 1.54) is 5.56 Å². The molecule has 3 rings (SSSR count). The predicted octanol–water partition coefficient (Wildman–Crippen LogP) is 1.33. The molecule has 0 unspecified atom stereocenters. The van der Waals surface area contributed by atoms with Gasteiger partial charge < -0.3 is 14.8 Å². The first kappa shape index (κ1) is 10.3. The molecule has 0 radical (unpaired) electrons. The fraction of sp³-hybridized carbons (Fsp3) is 0.538. The Morgan fingerprint density at radius 3 is 2.94 bits per heavy atom.